The van der Waals surface area contributed by atoms with E-state index in [0.29, 0.717) is 6.04 Å². The first-order chi connectivity index (χ1) is 7.63. The molecule has 0 aliphatic heterocycles. The van der Waals surface area contributed by atoms with Crippen LogP contribution >= 0.6 is 11.8 Å². The Kier molecular flexibility index (Phi) is 5.64. The van der Waals surface area contributed by atoms with Crippen molar-refractivity contribution in [2.45, 2.75) is 31.7 Å². The van der Waals surface area contributed by atoms with Gasteiger partial charge in [-0.3, -0.25) is 0 Å². The van der Waals surface area contributed by atoms with Crippen molar-refractivity contribution in [2.75, 3.05) is 12.3 Å². The fourth-order valence-corrected chi connectivity index (χ4v) is 2.31. The van der Waals surface area contributed by atoms with E-state index in [4.69, 9.17) is 0 Å². The third-order valence-corrected chi connectivity index (χ3v) is 3.58. The fourth-order valence-electron chi connectivity index (χ4n) is 1.50. The van der Waals surface area contributed by atoms with E-state index in [2.05, 4.69) is 56.9 Å². The van der Waals surface area contributed by atoms with Crippen molar-refractivity contribution in [2.24, 2.45) is 0 Å². The van der Waals surface area contributed by atoms with Crippen molar-refractivity contribution in [3.63, 3.8) is 0 Å². The van der Waals surface area contributed by atoms with Crippen LogP contribution in [-0.4, -0.2) is 12.3 Å². The van der Waals surface area contributed by atoms with Gasteiger partial charge in [0.15, 0.2) is 0 Å². The molecule has 0 aliphatic carbocycles. The molecule has 0 aromatic heterocycles. The predicted octanol–water partition coefficient (Wildman–Crippen LogP) is 4.03. The zero-order valence-corrected chi connectivity index (χ0v) is 11.2. The lowest BCUT2D eigenvalue weighted by Crippen LogP contribution is -2.17. The van der Waals surface area contributed by atoms with E-state index in [1.807, 2.05) is 11.8 Å². The second kappa shape index (κ2) is 6.77. The Labute approximate surface area is 103 Å². The molecule has 0 saturated carbocycles. The topological polar surface area (TPSA) is 12.0 Å². The van der Waals surface area contributed by atoms with Gasteiger partial charge in [0.2, 0.25) is 0 Å². The highest BCUT2D eigenvalue weighted by atomic mass is 32.2. The van der Waals surface area contributed by atoms with E-state index in [-0.39, 0.29) is 0 Å². The van der Waals surface area contributed by atoms with E-state index >= 15 is 0 Å². The molecular formula is C14H21NS. The van der Waals surface area contributed by atoms with Crippen LogP contribution < -0.4 is 5.32 Å². The summed E-state index contributed by atoms with van der Waals surface area (Å²) in [4.78, 5) is 1.32. The molecule has 1 N–H and O–H groups in total. The van der Waals surface area contributed by atoms with Crippen LogP contribution in [-0.2, 0) is 0 Å². The first-order valence-electron chi connectivity index (χ1n) is 5.74. The first-order valence-corrected chi connectivity index (χ1v) is 6.72. The lowest BCUT2D eigenvalue weighted by Gasteiger charge is -2.13. The minimum Gasteiger partial charge on any atom is -0.310 e. The molecular weight excluding hydrogens is 214 g/mol. The number of nitrogens with one attached hydrogen (secondary N) is 1. The molecule has 0 bridgehead atoms. The maximum atomic E-state index is 3.92. The Morgan fingerprint density at radius 2 is 2.25 bits per heavy atom. The van der Waals surface area contributed by atoms with Crippen LogP contribution in [0.3, 0.4) is 0 Å². The van der Waals surface area contributed by atoms with Crippen molar-refractivity contribution >= 4 is 11.8 Å². The summed E-state index contributed by atoms with van der Waals surface area (Å²) in [5.74, 6) is 0.999. The molecule has 16 heavy (non-hydrogen) atoms. The van der Waals surface area contributed by atoms with Crippen LogP contribution in [0.25, 0.3) is 0 Å². The average molecular weight is 235 g/mol. The summed E-state index contributed by atoms with van der Waals surface area (Å²) in [5.41, 5.74) is 2.57. The van der Waals surface area contributed by atoms with Gasteiger partial charge < -0.3 is 5.32 Å². The average Bonchev–Trinajstić information content (AvgIpc) is 2.27. The number of benzene rings is 1. The molecule has 0 aliphatic rings. The molecule has 1 aromatic carbocycles. The third-order valence-electron chi connectivity index (χ3n) is 2.35. The van der Waals surface area contributed by atoms with Gasteiger partial charge in [0.25, 0.3) is 0 Å². The summed E-state index contributed by atoms with van der Waals surface area (Å²) >= 11 is 1.85. The van der Waals surface area contributed by atoms with E-state index < -0.39 is 0 Å². The van der Waals surface area contributed by atoms with Crippen molar-refractivity contribution in [1.82, 2.24) is 5.32 Å². The molecule has 0 saturated heterocycles. The minimum absolute atomic E-state index is 0.426. The Bertz CT molecular complexity index is 346. The van der Waals surface area contributed by atoms with Gasteiger partial charge in [-0.1, -0.05) is 31.2 Å². The molecule has 0 heterocycles. The Balaban J connectivity index is 2.66. The molecule has 1 rings (SSSR count). The molecule has 88 valence electrons. The maximum Gasteiger partial charge on any atom is 0.0292 e. The fraction of sp³-hybridized carbons (Fsp3) is 0.429. The molecule has 1 aromatic rings. The van der Waals surface area contributed by atoms with Crippen LogP contribution in [0.5, 0.6) is 0 Å². The molecule has 2 heteroatoms. The van der Waals surface area contributed by atoms with Gasteiger partial charge in [-0.05, 0) is 38.1 Å². The summed E-state index contributed by atoms with van der Waals surface area (Å²) < 4.78 is 0. The highest BCUT2D eigenvalue weighted by molar-refractivity contribution is 7.99. The molecule has 1 nitrogen and oxygen atoms in total. The second-order valence-corrected chi connectivity index (χ2v) is 5.15. The normalized spacial score (nSPS) is 12.4. The number of rotatable bonds is 6. The van der Waals surface area contributed by atoms with Gasteiger partial charge >= 0.3 is 0 Å². The Hall–Kier alpha value is -0.730. The highest BCUT2D eigenvalue weighted by Crippen LogP contribution is 2.23. The number of hydrogen-bond donors (Lipinski definition) is 1. The second-order valence-electron chi connectivity index (χ2n) is 4.10. The van der Waals surface area contributed by atoms with Crippen LogP contribution in [0, 0.1) is 0 Å². The molecule has 1 unspecified atom stereocenters. The smallest absolute Gasteiger partial charge is 0.0292 e. The standard InChI is InChI=1S/C14H21NS/c1-5-15-12(4)13-7-6-8-14(9-13)16-10-11(2)3/h6-9,12,15H,2,5,10H2,1,3-4H3. The van der Waals surface area contributed by atoms with Crippen molar-refractivity contribution < 1.29 is 0 Å². The lowest BCUT2D eigenvalue weighted by molar-refractivity contribution is 0.597. The van der Waals surface area contributed by atoms with Crippen molar-refractivity contribution in [1.29, 1.82) is 0 Å². The summed E-state index contributed by atoms with van der Waals surface area (Å²) in [6.07, 6.45) is 0. The maximum absolute atomic E-state index is 3.92. The summed E-state index contributed by atoms with van der Waals surface area (Å²) in [6.45, 7) is 11.3. The van der Waals surface area contributed by atoms with Gasteiger partial charge in [-0.2, -0.15) is 0 Å². The summed E-state index contributed by atoms with van der Waals surface area (Å²) in [5, 5.41) is 3.43. The first kappa shape index (κ1) is 13.3. The van der Waals surface area contributed by atoms with Gasteiger partial charge in [0, 0.05) is 16.7 Å². The summed E-state index contributed by atoms with van der Waals surface area (Å²) in [7, 11) is 0. The van der Waals surface area contributed by atoms with E-state index in [1.165, 1.54) is 16.0 Å². The van der Waals surface area contributed by atoms with Crippen LogP contribution in [0.1, 0.15) is 32.4 Å². The van der Waals surface area contributed by atoms with Crippen LogP contribution in [0.4, 0.5) is 0 Å². The molecule has 0 amide bonds. The highest BCUT2D eigenvalue weighted by Gasteiger charge is 2.04. The quantitative estimate of drug-likeness (QED) is 0.590. The van der Waals surface area contributed by atoms with Crippen LogP contribution in [0.15, 0.2) is 41.3 Å². The zero-order valence-electron chi connectivity index (χ0n) is 10.4. The van der Waals surface area contributed by atoms with Gasteiger partial charge in [0.05, 0.1) is 0 Å². The Morgan fingerprint density at radius 3 is 2.88 bits per heavy atom. The predicted molar refractivity (Wildman–Crippen MR) is 74.1 cm³/mol. The monoisotopic (exact) mass is 235 g/mol. The van der Waals surface area contributed by atoms with Gasteiger partial charge in [-0.15, -0.1) is 11.8 Å². The Morgan fingerprint density at radius 1 is 1.50 bits per heavy atom. The van der Waals surface area contributed by atoms with Crippen molar-refractivity contribution in [3.05, 3.63) is 42.0 Å². The largest absolute Gasteiger partial charge is 0.310 e. The molecule has 0 radical (unpaired) electrons. The lowest BCUT2D eigenvalue weighted by atomic mass is 10.1. The molecule has 1 atom stereocenters. The SMILES string of the molecule is C=C(C)CSc1cccc(C(C)NCC)c1. The molecule has 0 spiro atoms. The van der Waals surface area contributed by atoms with E-state index in [9.17, 15) is 0 Å². The van der Waals surface area contributed by atoms with E-state index in [0.717, 1.165) is 12.3 Å². The van der Waals surface area contributed by atoms with Crippen molar-refractivity contribution in [3.8, 4) is 0 Å². The van der Waals surface area contributed by atoms with E-state index in [1.54, 1.807) is 0 Å². The van der Waals surface area contributed by atoms with Gasteiger partial charge in [0.1, 0.15) is 0 Å². The van der Waals surface area contributed by atoms with Gasteiger partial charge in [-0.25, -0.2) is 0 Å². The summed E-state index contributed by atoms with van der Waals surface area (Å²) in [6, 6.07) is 9.16. The zero-order chi connectivity index (χ0) is 12.0. The third kappa shape index (κ3) is 4.42. The molecule has 0 fully saturated rings. The number of thioether (sulfide) groups is 1. The number of hydrogen-bond acceptors (Lipinski definition) is 2. The minimum atomic E-state index is 0.426. The van der Waals surface area contributed by atoms with Crippen LogP contribution in [0.2, 0.25) is 0 Å².